The highest BCUT2D eigenvalue weighted by Gasteiger charge is 2.17. The van der Waals surface area contributed by atoms with E-state index in [1.165, 1.54) is 11.3 Å². The van der Waals surface area contributed by atoms with Crippen LogP contribution in [-0.4, -0.2) is 11.1 Å². The van der Waals surface area contributed by atoms with Crippen LogP contribution in [0.25, 0.3) is 0 Å². The molecule has 0 saturated heterocycles. The van der Waals surface area contributed by atoms with Crippen LogP contribution in [0.1, 0.15) is 28.9 Å². The standard InChI is InChI=1S/C13H10ClF2NO2S/c1-6(7-2-12(14)20-5-7)17-11-3-8(13(18)19)9(15)4-10(11)16/h2-6,17H,1H3,(H,18,19). The smallest absolute Gasteiger partial charge is 0.338 e. The van der Waals surface area contributed by atoms with Gasteiger partial charge in [0.15, 0.2) is 0 Å². The molecule has 2 rings (SSSR count). The van der Waals surface area contributed by atoms with Crippen molar-refractivity contribution in [3.8, 4) is 0 Å². The molecule has 2 aromatic rings. The van der Waals surface area contributed by atoms with Crippen LogP contribution >= 0.6 is 22.9 Å². The summed E-state index contributed by atoms with van der Waals surface area (Å²) in [6, 6.07) is 2.93. The molecule has 0 aliphatic heterocycles. The van der Waals surface area contributed by atoms with Crippen molar-refractivity contribution in [2.75, 3.05) is 5.32 Å². The largest absolute Gasteiger partial charge is 0.478 e. The molecule has 1 aromatic heterocycles. The minimum absolute atomic E-state index is 0.0707. The fourth-order valence-corrected chi connectivity index (χ4v) is 2.68. The Labute approximate surface area is 122 Å². The second kappa shape index (κ2) is 5.76. The molecule has 1 atom stereocenters. The van der Waals surface area contributed by atoms with Crippen LogP contribution in [0, 0.1) is 11.6 Å². The number of carboxylic acids is 1. The molecular weight excluding hydrogens is 308 g/mol. The Kier molecular flexibility index (Phi) is 4.25. The van der Waals surface area contributed by atoms with Crippen LogP contribution in [-0.2, 0) is 0 Å². The van der Waals surface area contributed by atoms with Gasteiger partial charge in [-0.2, -0.15) is 0 Å². The Balaban J connectivity index is 2.29. The topological polar surface area (TPSA) is 49.3 Å². The zero-order valence-corrected chi connectivity index (χ0v) is 11.9. The van der Waals surface area contributed by atoms with Crippen LogP contribution in [0.4, 0.5) is 14.5 Å². The van der Waals surface area contributed by atoms with E-state index < -0.39 is 23.2 Å². The average Bonchev–Trinajstić information content (AvgIpc) is 2.79. The van der Waals surface area contributed by atoms with Crippen molar-refractivity contribution in [1.82, 2.24) is 0 Å². The van der Waals surface area contributed by atoms with E-state index in [0.717, 1.165) is 11.6 Å². The average molecular weight is 318 g/mol. The van der Waals surface area contributed by atoms with E-state index in [-0.39, 0.29) is 11.7 Å². The number of halogens is 3. The number of hydrogen-bond acceptors (Lipinski definition) is 3. The monoisotopic (exact) mass is 317 g/mol. The predicted molar refractivity (Wildman–Crippen MR) is 74.7 cm³/mol. The fraction of sp³-hybridized carbons (Fsp3) is 0.154. The SMILES string of the molecule is CC(Nc1cc(C(=O)O)c(F)cc1F)c1csc(Cl)c1. The summed E-state index contributed by atoms with van der Waals surface area (Å²) in [5.74, 6) is -3.40. The predicted octanol–water partition coefficient (Wildman–Crippen LogP) is 4.55. The molecule has 2 N–H and O–H groups in total. The Bertz CT molecular complexity index is 660. The first kappa shape index (κ1) is 14.7. The zero-order valence-electron chi connectivity index (χ0n) is 10.3. The summed E-state index contributed by atoms with van der Waals surface area (Å²) in [6.07, 6.45) is 0. The summed E-state index contributed by atoms with van der Waals surface area (Å²) in [7, 11) is 0. The Hall–Kier alpha value is -1.66. The van der Waals surface area contributed by atoms with Gasteiger partial charge in [0, 0.05) is 12.1 Å². The normalized spacial score (nSPS) is 12.2. The van der Waals surface area contributed by atoms with Gasteiger partial charge in [-0.05, 0) is 30.0 Å². The molecule has 0 bridgehead atoms. The fourth-order valence-electron chi connectivity index (χ4n) is 1.69. The minimum atomic E-state index is -1.45. The third-order valence-corrected chi connectivity index (χ3v) is 3.86. The van der Waals surface area contributed by atoms with Gasteiger partial charge in [0.25, 0.3) is 0 Å². The lowest BCUT2D eigenvalue weighted by molar-refractivity contribution is 0.0692. The van der Waals surface area contributed by atoms with Crippen LogP contribution in [0.15, 0.2) is 23.6 Å². The van der Waals surface area contributed by atoms with Gasteiger partial charge in [0.1, 0.15) is 11.6 Å². The van der Waals surface area contributed by atoms with Crippen molar-refractivity contribution in [2.24, 2.45) is 0 Å². The van der Waals surface area contributed by atoms with Gasteiger partial charge in [-0.3, -0.25) is 0 Å². The van der Waals surface area contributed by atoms with Crippen LogP contribution in [0.5, 0.6) is 0 Å². The number of nitrogens with one attached hydrogen (secondary N) is 1. The molecule has 0 spiro atoms. The number of benzene rings is 1. The van der Waals surface area contributed by atoms with E-state index >= 15 is 0 Å². The summed E-state index contributed by atoms with van der Waals surface area (Å²) in [4.78, 5) is 10.8. The lowest BCUT2D eigenvalue weighted by Gasteiger charge is -2.15. The van der Waals surface area contributed by atoms with Crippen molar-refractivity contribution >= 4 is 34.6 Å². The first-order valence-electron chi connectivity index (χ1n) is 5.61. The van der Waals surface area contributed by atoms with Crippen molar-refractivity contribution < 1.29 is 18.7 Å². The summed E-state index contributed by atoms with van der Waals surface area (Å²) < 4.78 is 27.5. The number of rotatable bonds is 4. The molecule has 7 heteroatoms. The van der Waals surface area contributed by atoms with E-state index in [4.69, 9.17) is 16.7 Å². The maximum absolute atomic E-state index is 13.7. The highest BCUT2D eigenvalue weighted by atomic mass is 35.5. The lowest BCUT2D eigenvalue weighted by Crippen LogP contribution is -2.10. The minimum Gasteiger partial charge on any atom is -0.478 e. The van der Waals surface area contributed by atoms with E-state index in [1.54, 1.807) is 18.4 Å². The Morgan fingerprint density at radius 2 is 2.05 bits per heavy atom. The molecule has 0 aliphatic rings. The highest BCUT2D eigenvalue weighted by molar-refractivity contribution is 7.14. The number of carbonyl (C=O) groups is 1. The molecule has 0 saturated carbocycles. The third kappa shape index (κ3) is 3.08. The highest BCUT2D eigenvalue weighted by Crippen LogP contribution is 2.28. The van der Waals surface area contributed by atoms with Gasteiger partial charge in [-0.1, -0.05) is 11.6 Å². The Morgan fingerprint density at radius 3 is 2.60 bits per heavy atom. The molecule has 106 valence electrons. The van der Waals surface area contributed by atoms with Crippen LogP contribution in [0.2, 0.25) is 4.34 Å². The van der Waals surface area contributed by atoms with Gasteiger partial charge < -0.3 is 10.4 Å². The van der Waals surface area contributed by atoms with Crippen LogP contribution in [0.3, 0.4) is 0 Å². The van der Waals surface area contributed by atoms with Crippen molar-refractivity contribution in [3.63, 3.8) is 0 Å². The third-order valence-electron chi connectivity index (χ3n) is 2.75. The molecule has 0 aliphatic carbocycles. The van der Waals surface area contributed by atoms with Crippen LogP contribution < -0.4 is 5.32 Å². The number of carboxylic acid groups (broad SMARTS) is 1. The molecule has 1 heterocycles. The molecule has 1 aromatic carbocycles. The second-order valence-electron chi connectivity index (χ2n) is 4.17. The van der Waals surface area contributed by atoms with Gasteiger partial charge in [-0.15, -0.1) is 11.3 Å². The summed E-state index contributed by atoms with van der Waals surface area (Å²) >= 11 is 7.15. The summed E-state index contributed by atoms with van der Waals surface area (Å²) in [5, 5.41) is 13.4. The number of aromatic carboxylic acids is 1. The molecule has 0 radical (unpaired) electrons. The molecule has 20 heavy (non-hydrogen) atoms. The molecule has 0 amide bonds. The maximum Gasteiger partial charge on any atom is 0.338 e. The van der Waals surface area contributed by atoms with E-state index in [0.29, 0.717) is 10.4 Å². The number of thiophene rings is 1. The molecule has 1 unspecified atom stereocenters. The van der Waals surface area contributed by atoms with Crippen molar-refractivity contribution in [1.29, 1.82) is 0 Å². The van der Waals surface area contributed by atoms with Crippen molar-refractivity contribution in [2.45, 2.75) is 13.0 Å². The summed E-state index contributed by atoms with van der Waals surface area (Å²) in [6.45, 7) is 1.77. The molecule has 0 fully saturated rings. The number of anilines is 1. The Morgan fingerprint density at radius 1 is 1.35 bits per heavy atom. The number of hydrogen-bond donors (Lipinski definition) is 2. The van der Waals surface area contributed by atoms with Gasteiger partial charge in [0.05, 0.1) is 15.6 Å². The first-order valence-corrected chi connectivity index (χ1v) is 6.87. The zero-order chi connectivity index (χ0) is 14.9. The van der Waals surface area contributed by atoms with E-state index in [9.17, 15) is 13.6 Å². The van der Waals surface area contributed by atoms with E-state index in [2.05, 4.69) is 5.32 Å². The maximum atomic E-state index is 13.7. The first-order chi connectivity index (χ1) is 9.38. The lowest BCUT2D eigenvalue weighted by atomic mass is 10.1. The van der Waals surface area contributed by atoms with E-state index in [1.807, 2.05) is 0 Å². The molecular formula is C13H10ClF2NO2S. The van der Waals surface area contributed by atoms with Crippen molar-refractivity contribution in [3.05, 3.63) is 50.7 Å². The van der Waals surface area contributed by atoms with Gasteiger partial charge in [0.2, 0.25) is 0 Å². The van der Waals surface area contributed by atoms with Gasteiger partial charge in [-0.25, -0.2) is 13.6 Å². The second-order valence-corrected chi connectivity index (χ2v) is 5.71. The van der Waals surface area contributed by atoms with Gasteiger partial charge >= 0.3 is 5.97 Å². The summed E-state index contributed by atoms with van der Waals surface area (Å²) in [5.41, 5.74) is 0.184. The quantitative estimate of drug-likeness (QED) is 0.869. The molecule has 3 nitrogen and oxygen atoms in total.